The maximum absolute atomic E-state index is 2.50. The van der Waals surface area contributed by atoms with Gasteiger partial charge in [-0.3, -0.25) is 0 Å². The summed E-state index contributed by atoms with van der Waals surface area (Å²) in [6.45, 7) is 4.63. The minimum atomic E-state index is 0.734. The highest BCUT2D eigenvalue weighted by atomic mass is 14.3. The first-order chi connectivity index (χ1) is 12.3. The van der Waals surface area contributed by atoms with Crippen LogP contribution in [0.3, 0.4) is 0 Å². The fraction of sp³-hybridized carbons (Fsp3) is 0.280. The summed E-state index contributed by atoms with van der Waals surface area (Å²) in [7, 11) is 0. The third-order valence-electron chi connectivity index (χ3n) is 5.65. The van der Waals surface area contributed by atoms with Crippen molar-refractivity contribution >= 4 is 16.8 Å². The lowest BCUT2D eigenvalue weighted by Crippen LogP contribution is -2.02. The molecule has 3 aromatic carbocycles. The number of hydrogen-bond donors (Lipinski definition) is 0. The molecule has 1 aliphatic rings. The third kappa shape index (κ3) is 2.91. The summed E-state index contributed by atoms with van der Waals surface area (Å²) < 4.78 is 0. The average molecular weight is 326 g/mol. The van der Waals surface area contributed by atoms with Crippen LogP contribution >= 0.6 is 0 Å². The van der Waals surface area contributed by atoms with Crippen molar-refractivity contribution in [1.29, 1.82) is 0 Å². The zero-order valence-electron chi connectivity index (χ0n) is 15.3. The van der Waals surface area contributed by atoms with E-state index in [0.29, 0.717) is 0 Å². The van der Waals surface area contributed by atoms with Crippen LogP contribution in [0.4, 0.5) is 0 Å². The van der Waals surface area contributed by atoms with Gasteiger partial charge in [0.25, 0.3) is 0 Å². The van der Waals surface area contributed by atoms with Gasteiger partial charge in [-0.1, -0.05) is 92.6 Å². The minimum absolute atomic E-state index is 0.734. The molecule has 3 aromatic rings. The Balaban J connectivity index is 1.84. The SMILES string of the molecule is CCCC(CC)C1=Cc2c(cccc2-c2cccc3ccccc23)C1. The van der Waals surface area contributed by atoms with Crippen molar-refractivity contribution in [2.24, 2.45) is 5.92 Å². The molecular weight excluding hydrogens is 300 g/mol. The highest BCUT2D eigenvalue weighted by molar-refractivity contribution is 5.99. The Bertz CT molecular complexity index is 924. The van der Waals surface area contributed by atoms with Crippen molar-refractivity contribution < 1.29 is 0 Å². The molecule has 0 saturated heterocycles. The summed E-state index contributed by atoms with van der Waals surface area (Å²) >= 11 is 0. The number of rotatable bonds is 5. The van der Waals surface area contributed by atoms with Crippen LogP contribution in [0.2, 0.25) is 0 Å². The number of allylic oxidation sites excluding steroid dienone is 1. The van der Waals surface area contributed by atoms with Gasteiger partial charge < -0.3 is 0 Å². The molecule has 1 aliphatic carbocycles. The average Bonchev–Trinajstić information content (AvgIpc) is 3.09. The molecule has 126 valence electrons. The molecule has 4 rings (SSSR count). The van der Waals surface area contributed by atoms with Crippen LogP contribution < -0.4 is 0 Å². The Morgan fingerprint density at radius 1 is 0.840 bits per heavy atom. The second-order valence-electron chi connectivity index (χ2n) is 7.19. The van der Waals surface area contributed by atoms with Crippen molar-refractivity contribution in [3.63, 3.8) is 0 Å². The van der Waals surface area contributed by atoms with E-state index in [2.05, 4.69) is 80.6 Å². The van der Waals surface area contributed by atoms with Crippen LogP contribution in [0.5, 0.6) is 0 Å². The Labute approximate surface area is 151 Å². The van der Waals surface area contributed by atoms with Gasteiger partial charge in [0.15, 0.2) is 0 Å². The number of benzene rings is 3. The zero-order chi connectivity index (χ0) is 17.2. The smallest absolute Gasteiger partial charge is 0.00548 e. The molecule has 0 aromatic heterocycles. The Kier molecular flexibility index (Phi) is 4.44. The van der Waals surface area contributed by atoms with E-state index >= 15 is 0 Å². The molecule has 0 amide bonds. The van der Waals surface area contributed by atoms with E-state index in [9.17, 15) is 0 Å². The summed E-state index contributed by atoms with van der Waals surface area (Å²) in [5.41, 5.74) is 7.32. The Morgan fingerprint density at radius 2 is 1.60 bits per heavy atom. The van der Waals surface area contributed by atoms with E-state index in [4.69, 9.17) is 0 Å². The summed E-state index contributed by atoms with van der Waals surface area (Å²) in [5.74, 6) is 0.734. The van der Waals surface area contributed by atoms with Crippen LogP contribution in [0.1, 0.15) is 44.2 Å². The van der Waals surface area contributed by atoms with Crippen LogP contribution in [0.15, 0.2) is 66.2 Å². The minimum Gasteiger partial charge on any atom is -0.0654 e. The molecule has 0 heterocycles. The van der Waals surface area contributed by atoms with E-state index in [1.165, 1.54) is 52.3 Å². The van der Waals surface area contributed by atoms with Crippen molar-refractivity contribution in [2.75, 3.05) is 0 Å². The van der Waals surface area contributed by atoms with Gasteiger partial charge in [0.2, 0.25) is 0 Å². The maximum atomic E-state index is 2.50. The molecular formula is C25H26. The first-order valence-electron chi connectivity index (χ1n) is 9.62. The van der Waals surface area contributed by atoms with Crippen LogP contribution in [0, 0.1) is 5.92 Å². The normalized spacial score (nSPS) is 14.4. The fourth-order valence-electron chi connectivity index (χ4n) is 4.35. The van der Waals surface area contributed by atoms with Gasteiger partial charge in [-0.15, -0.1) is 0 Å². The monoisotopic (exact) mass is 326 g/mol. The van der Waals surface area contributed by atoms with Crippen molar-refractivity contribution in [2.45, 2.75) is 39.5 Å². The molecule has 0 spiro atoms. The third-order valence-corrected chi connectivity index (χ3v) is 5.65. The topological polar surface area (TPSA) is 0 Å². The van der Waals surface area contributed by atoms with Crippen molar-refractivity contribution in [3.8, 4) is 11.1 Å². The Morgan fingerprint density at radius 3 is 2.44 bits per heavy atom. The van der Waals surface area contributed by atoms with Crippen molar-refractivity contribution in [3.05, 3.63) is 77.4 Å². The lowest BCUT2D eigenvalue weighted by atomic mass is 9.91. The molecule has 1 unspecified atom stereocenters. The lowest BCUT2D eigenvalue weighted by Gasteiger charge is -2.15. The largest absolute Gasteiger partial charge is 0.0654 e. The van der Waals surface area contributed by atoms with E-state index in [0.717, 1.165) is 12.3 Å². The van der Waals surface area contributed by atoms with Gasteiger partial charge in [-0.2, -0.15) is 0 Å². The molecule has 0 saturated carbocycles. The quantitative estimate of drug-likeness (QED) is 0.462. The van der Waals surface area contributed by atoms with Gasteiger partial charge in [0, 0.05) is 0 Å². The summed E-state index contributed by atoms with van der Waals surface area (Å²) in [4.78, 5) is 0. The Hall–Kier alpha value is -2.34. The van der Waals surface area contributed by atoms with Gasteiger partial charge in [0.1, 0.15) is 0 Å². The molecule has 0 aliphatic heterocycles. The first-order valence-corrected chi connectivity index (χ1v) is 9.62. The zero-order valence-corrected chi connectivity index (χ0v) is 15.3. The van der Waals surface area contributed by atoms with E-state index in [-0.39, 0.29) is 0 Å². The number of hydrogen-bond acceptors (Lipinski definition) is 0. The second-order valence-corrected chi connectivity index (χ2v) is 7.19. The van der Waals surface area contributed by atoms with Crippen LogP contribution in [-0.2, 0) is 6.42 Å². The standard InChI is InChI=1S/C25H26/c1-3-9-18(4-2)21-16-20-12-8-15-24(25(20)17-21)23-14-7-11-19-10-5-6-13-22(19)23/h5-8,10-15,17-18H,3-4,9,16H2,1-2H3. The molecule has 0 N–H and O–H groups in total. The van der Waals surface area contributed by atoms with E-state index in [1.54, 1.807) is 5.57 Å². The second kappa shape index (κ2) is 6.88. The number of fused-ring (bicyclic) bond motifs is 2. The molecule has 0 heteroatoms. The molecule has 0 radical (unpaired) electrons. The molecule has 25 heavy (non-hydrogen) atoms. The first kappa shape index (κ1) is 16.1. The molecule has 1 atom stereocenters. The molecule has 0 nitrogen and oxygen atoms in total. The summed E-state index contributed by atoms with van der Waals surface area (Å²) in [6, 6.07) is 22.2. The van der Waals surface area contributed by atoms with Gasteiger partial charge in [0.05, 0.1) is 0 Å². The highest BCUT2D eigenvalue weighted by Crippen LogP contribution is 2.40. The molecule has 0 bridgehead atoms. The molecule has 0 fully saturated rings. The van der Waals surface area contributed by atoms with Gasteiger partial charge in [-0.25, -0.2) is 0 Å². The lowest BCUT2D eigenvalue weighted by molar-refractivity contribution is 0.530. The highest BCUT2D eigenvalue weighted by Gasteiger charge is 2.21. The summed E-state index contributed by atoms with van der Waals surface area (Å²) in [6.07, 6.45) is 7.45. The van der Waals surface area contributed by atoms with E-state index < -0.39 is 0 Å². The maximum Gasteiger partial charge on any atom is -0.00548 e. The predicted octanol–water partition coefficient (Wildman–Crippen LogP) is 7.27. The van der Waals surface area contributed by atoms with Crippen LogP contribution in [-0.4, -0.2) is 0 Å². The van der Waals surface area contributed by atoms with E-state index in [1.807, 2.05) is 0 Å². The van der Waals surface area contributed by atoms with Crippen LogP contribution in [0.25, 0.3) is 28.0 Å². The van der Waals surface area contributed by atoms with Gasteiger partial charge in [-0.05, 0) is 58.2 Å². The predicted molar refractivity (Wildman–Crippen MR) is 110 cm³/mol. The van der Waals surface area contributed by atoms with Crippen molar-refractivity contribution in [1.82, 2.24) is 0 Å². The van der Waals surface area contributed by atoms with Gasteiger partial charge >= 0.3 is 0 Å². The summed E-state index contributed by atoms with van der Waals surface area (Å²) in [5, 5.41) is 2.66. The fourth-order valence-corrected chi connectivity index (χ4v) is 4.35.